The van der Waals surface area contributed by atoms with Crippen LogP contribution in [0.3, 0.4) is 0 Å². The van der Waals surface area contributed by atoms with E-state index >= 15 is 0 Å². The molecule has 0 heterocycles. The highest BCUT2D eigenvalue weighted by Gasteiger charge is 2.24. The van der Waals surface area contributed by atoms with Crippen molar-refractivity contribution in [1.82, 2.24) is 5.32 Å². The van der Waals surface area contributed by atoms with Gasteiger partial charge in [0.05, 0.1) is 17.9 Å². The zero-order valence-corrected chi connectivity index (χ0v) is 28.2. The molecule has 0 rings (SSSR count). The van der Waals surface area contributed by atoms with Crippen LogP contribution in [-0.2, 0) is 14.9 Å². The Hall–Kier alpha value is -1.18. The van der Waals surface area contributed by atoms with Crippen LogP contribution in [0.2, 0.25) is 0 Å². The van der Waals surface area contributed by atoms with Crippen LogP contribution in [0.25, 0.3) is 0 Å². The molecule has 0 aromatic heterocycles. The third kappa shape index (κ3) is 30.3. The third-order valence-corrected chi connectivity index (χ3v) is 8.66. The fraction of sp³-hybridized carbons (Fsp3) is 0.857. The maximum Gasteiger partial charge on any atom is 0.267 e. The van der Waals surface area contributed by atoms with E-state index in [-0.39, 0.29) is 5.91 Å². The summed E-state index contributed by atoms with van der Waals surface area (Å²) in [5.74, 6) is -0.996. The van der Waals surface area contributed by atoms with Crippen molar-refractivity contribution in [2.45, 2.75) is 187 Å². The summed E-state index contributed by atoms with van der Waals surface area (Å²) >= 11 is 0. The Morgan fingerprint density at radius 3 is 1.50 bits per heavy atom. The minimum absolute atomic E-state index is 0.289. The predicted molar refractivity (Wildman–Crippen MR) is 179 cm³/mol. The number of hydrogen-bond acceptors (Lipinski definition) is 4. The van der Waals surface area contributed by atoms with Crippen LogP contribution < -0.4 is 5.32 Å². The van der Waals surface area contributed by atoms with Crippen molar-refractivity contribution in [3.05, 3.63) is 24.3 Å². The largest absolute Gasteiger partial charge is 0.387 e. The summed E-state index contributed by atoms with van der Waals surface area (Å²) < 4.78 is 32.2. The van der Waals surface area contributed by atoms with Gasteiger partial charge in [-0.2, -0.15) is 8.42 Å². The van der Waals surface area contributed by atoms with Gasteiger partial charge in [-0.1, -0.05) is 160 Å². The molecule has 0 saturated carbocycles. The molecule has 0 aliphatic heterocycles. The zero-order chi connectivity index (χ0) is 31.2. The van der Waals surface area contributed by atoms with Crippen LogP contribution in [-0.4, -0.2) is 41.9 Å². The van der Waals surface area contributed by atoms with Crippen molar-refractivity contribution in [2.75, 3.05) is 5.75 Å². The lowest BCUT2D eigenvalue weighted by Crippen LogP contribution is -2.46. The van der Waals surface area contributed by atoms with Gasteiger partial charge in [-0.15, -0.1) is 0 Å². The lowest BCUT2D eigenvalue weighted by atomic mass is 10.0. The lowest BCUT2D eigenvalue weighted by Gasteiger charge is -2.21. The standard InChI is InChI=1S/C35H67NO5S/c1-3-5-7-9-11-13-15-16-17-18-19-21-23-25-27-29-31-35(38)36-33(32-42(39,40)41)34(37)30-28-26-24-22-20-14-12-10-8-6-4-2/h20,22,28,30,33-34,37H,3-19,21,23-27,29,31-32H2,1-2H3,(H,36,38)(H,39,40,41)/b22-20+,30-28+. The number of rotatable bonds is 31. The molecule has 1 amide bonds. The maximum atomic E-state index is 12.4. The molecule has 0 bridgehead atoms. The van der Waals surface area contributed by atoms with Crippen LogP contribution in [0.1, 0.15) is 174 Å². The van der Waals surface area contributed by atoms with Gasteiger partial charge in [0.1, 0.15) is 0 Å². The molecule has 0 aromatic rings. The summed E-state index contributed by atoms with van der Waals surface area (Å²) in [7, 11) is -4.34. The van der Waals surface area contributed by atoms with Gasteiger partial charge < -0.3 is 10.4 Å². The fourth-order valence-electron chi connectivity index (χ4n) is 5.23. The first kappa shape index (κ1) is 40.8. The fourth-order valence-corrected chi connectivity index (χ4v) is 5.96. The van der Waals surface area contributed by atoms with E-state index in [2.05, 4.69) is 31.3 Å². The first-order valence-electron chi connectivity index (χ1n) is 17.5. The third-order valence-electron chi connectivity index (χ3n) is 7.88. The molecule has 3 N–H and O–H groups in total. The molecule has 2 atom stereocenters. The van der Waals surface area contributed by atoms with E-state index < -0.39 is 28.0 Å². The summed E-state index contributed by atoms with van der Waals surface area (Å²) in [6, 6.07) is -1.07. The van der Waals surface area contributed by atoms with Crippen LogP contribution in [0, 0.1) is 0 Å². The van der Waals surface area contributed by atoms with E-state index in [4.69, 9.17) is 0 Å². The SMILES string of the molecule is CCCCCCC/C=C/CC/C=C/C(O)C(CS(=O)(=O)O)NC(=O)CCCCCCCCCCCCCCCCCC. The van der Waals surface area contributed by atoms with E-state index in [9.17, 15) is 22.9 Å². The van der Waals surface area contributed by atoms with Gasteiger partial charge in [0.25, 0.3) is 10.1 Å². The number of nitrogens with one attached hydrogen (secondary N) is 1. The number of carbonyl (C=O) groups is 1. The highest BCUT2D eigenvalue weighted by atomic mass is 32.2. The highest BCUT2D eigenvalue weighted by Crippen LogP contribution is 2.14. The Bertz CT molecular complexity index is 765. The molecule has 0 aliphatic carbocycles. The van der Waals surface area contributed by atoms with Crippen molar-refractivity contribution >= 4 is 16.0 Å². The quantitative estimate of drug-likeness (QED) is 0.0410. The van der Waals surface area contributed by atoms with Crippen LogP contribution in [0.4, 0.5) is 0 Å². The molecule has 0 aromatic carbocycles. The first-order chi connectivity index (χ1) is 20.3. The second kappa shape index (κ2) is 29.9. The zero-order valence-electron chi connectivity index (χ0n) is 27.4. The van der Waals surface area contributed by atoms with Gasteiger partial charge in [0, 0.05) is 6.42 Å². The molecular weight excluding hydrogens is 546 g/mol. The summed E-state index contributed by atoms with van der Waals surface area (Å²) in [6.07, 6.45) is 35.9. The van der Waals surface area contributed by atoms with Gasteiger partial charge in [-0.05, 0) is 32.1 Å². The smallest absolute Gasteiger partial charge is 0.267 e. The maximum absolute atomic E-state index is 12.4. The number of unbranched alkanes of at least 4 members (excludes halogenated alkanes) is 21. The minimum Gasteiger partial charge on any atom is -0.387 e. The van der Waals surface area contributed by atoms with Gasteiger partial charge in [0.2, 0.25) is 5.91 Å². The average molecular weight is 614 g/mol. The highest BCUT2D eigenvalue weighted by molar-refractivity contribution is 7.85. The van der Waals surface area contributed by atoms with Crippen molar-refractivity contribution in [3.8, 4) is 0 Å². The predicted octanol–water partition coefficient (Wildman–Crippen LogP) is 9.62. The Balaban J connectivity index is 3.99. The molecule has 7 heteroatoms. The van der Waals surface area contributed by atoms with Gasteiger partial charge >= 0.3 is 0 Å². The summed E-state index contributed by atoms with van der Waals surface area (Å²) in [4.78, 5) is 12.4. The molecule has 0 fully saturated rings. The Morgan fingerprint density at radius 2 is 1.02 bits per heavy atom. The normalized spacial score (nSPS) is 13.7. The van der Waals surface area contributed by atoms with Gasteiger partial charge in [-0.3, -0.25) is 9.35 Å². The van der Waals surface area contributed by atoms with Crippen molar-refractivity contribution < 1.29 is 22.9 Å². The lowest BCUT2D eigenvalue weighted by molar-refractivity contribution is -0.122. The second-order valence-electron chi connectivity index (χ2n) is 12.1. The van der Waals surface area contributed by atoms with Crippen LogP contribution >= 0.6 is 0 Å². The Labute approximate surface area is 260 Å². The van der Waals surface area contributed by atoms with Gasteiger partial charge in [-0.25, -0.2) is 0 Å². The number of aliphatic hydroxyl groups is 1. The van der Waals surface area contributed by atoms with E-state index in [0.717, 1.165) is 38.5 Å². The van der Waals surface area contributed by atoms with Crippen molar-refractivity contribution in [3.63, 3.8) is 0 Å². The number of carbonyl (C=O) groups excluding carboxylic acids is 1. The number of allylic oxidation sites excluding steroid dienone is 3. The van der Waals surface area contributed by atoms with Crippen molar-refractivity contribution in [2.24, 2.45) is 0 Å². The second-order valence-corrected chi connectivity index (χ2v) is 13.6. The summed E-state index contributed by atoms with van der Waals surface area (Å²) in [6.45, 7) is 4.48. The molecule has 248 valence electrons. The molecule has 0 aliphatic rings. The molecule has 0 saturated heterocycles. The van der Waals surface area contributed by atoms with E-state index in [1.54, 1.807) is 6.08 Å². The molecule has 0 radical (unpaired) electrons. The molecule has 42 heavy (non-hydrogen) atoms. The molecule has 2 unspecified atom stereocenters. The van der Waals surface area contributed by atoms with Crippen molar-refractivity contribution in [1.29, 1.82) is 0 Å². The Kier molecular flexibility index (Phi) is 29.0. The summed E-state index contributed by atoms with van der Waals surface area (Å²) in [5, 5.41) is 13.1. The van der Waals surface area contributed by atoms with Gasteiger partial charge in [0.15, 0.2) is 0 Å². The van der Waals surface area contributed by atoms with E-state index in [0.29, 0.717) is 6.42 Å². The topological polar surface area (TPSA) is 104 Å². The number of aliphatic hydroxyl groups excluding tert-OH is 1. The van der Waals surface area contributed by atoms with E-state index in [1.165, 1.54) is 122 Å². The number of hydrogen-bond donors (Lipinski definition) is 3. The first-order valence-corrected chi connectivity index (χ1v) is 19.1. The van der Waals surface area contributed by atoms with Crippen LogP contribution in [0.5, 0.6) is 0 Å². The monoisotopic (exact) mass is 613 g/mol. The van der Waals surface area contributed by atoms with Crippen LogP contribution in [0.15, 0.2) is 24.3 Å². The molecule has 6 nitrogen and oxygen atoms in total. The Morgan fingerprint density at radius 1 is 0.619 bits per heavy atom. The molecule has 0 spiro atoms. The van der Waals surface area contributed by atoms with E-state index in [1.807, 2.05) is 0 Å². The summed E-state index contributed by atoms with van der Waals surface area (Å²) in [5.41, 5.74) is 0. The number of amides is 1. The minimum atomic E-state index is -4.34. The average Bonchev–Trinajstić information content (AvgIpc) is 2.94. The molecular formula is C35H67NO5S.